The minimum absolute atomic E-state index is 0.0110. The van der Waals surface area contributed by atoms with E-state index < -0.39 is 11.7 Å². The Kier molecular flexibility index (Phi) is 7.08. The van der Waals surface area contributed by atoms with Crippen molar-refractivity contribution in [3.05, 3.63) is 23.6 Å². The SMILES string of the molecule is CCNc1nccc(C(=O)NC(COCC)C(C)C)c1F. The summed E-state index contributed by atoms with van der Waals surface area (Å²) in [5.41, 5.74) is -0.0110. The lowest BCUT2D eigenvalue weighted by atomic mass is 10.0. The van der Waals surface area contributed by atoms with Gasteiger partial charge in [-0.25, -0.2) is 9.37 Å². The maximum absolute atomic E-state index is 14.2. The van der Waals surface area contributed by atoms with Crippen LogP contribution >= 0.6 is 0 Å². The van der Waals surface area contributed by atoms with E-state index in [9.17, 15) is 9.18 Å². The van der Waals surface area contributed by atoms with Gasteiger partial charge in [-0.1, -0.05) is 13.8 Å². The lowest BCUT2D eigenvalue weighted by molar-refractivity contribution is 0.0803. The molecule has 0 spiro atoms. The predicted octanol–water partition coefficient (Wildman–Crippen LogP) is 2.44. The van der Waals surface area contributed by atoms with Crippen molar-refractivity contribution in [1.29, 1.82) is 0 Å². The van der Waals surface area contributed by atoms with Crippen LogP contribution in [0.5, 0.6) is 0 Å². The van der Waals surface area contributed by atoms with Gasteiger partial charge in [0.2, 0.25) is 0 Å². The molecular weight excluding hydrogens is 273 g/mol. The van der Waals surface area contributed by atoms with E-state index in [0.717, 1.165) is 0 Å². The van der Waals surface area contributed by atoms with Crippen molar-refractivity contribution in [2.24, 2.45) is 5.92 Å². The Morgan fingerprint density at radius 1 is 1.43 bits per heavy atom. The number of aromatic nitrogens is 1. The van der Waals surface area contributed by atoms with Gasteiger partial charge in [0.25, 0.3) is 5.91 Å². The molecule has 1 unspecified atom stereocenters. The number of hydrogen-bond donors (Lipinski definition) is 2. The van der Waals surface area contributed by atoms with E-state index in [0.29, 0.717) is 19.8 Å². The highest BCUT2D eigenvalue weighted by molar-refractivity contribution is 5.95. The first kappa shape index (κ1) is 17.4. The third-order valence-electron chi connectivity index (χ3n) is 3.10. The number of carbonyl (C=O) groups excluding carboxylic acids is 1. The van der Waals surface area contributed by atoms with Gasteiger partial charge in [-0.3, -0.25) is 4.79 Å². The fourth-order valence-corrected chi connectivity index (χ4v) is 1.80. The molecule has 0 radical (unpaired) electrons. The molecule has 1 rings (SSSR count). The lowest BCUT2D eigenvalue weighted by Gasteiger charge is -2.22. The van der Waals surface area contributed by atoms with Crippen molar-refractivity contribution >= 4 is 11.7 Å². The van der Waals surface area contributed by atoms with Crippen LogP contribution in [-0.4, -0.2) is 36.7 Å². The standard InChI is InChI=1S/C15H24FN3O2/c1-5-17-14-13(16)11(7-8-18-14)15(20)19-12(10(3)4)9-21-6-2/h7-8,10,12H,5-6,9H2,1-4H3,(H,17,18)(H,19,20). The minimum atomic E-state index is -0.629. The number of rotatable bonds is 8. The molecule has 2 N–H and O–H groups in total. The fourth-order valence-electron chi connectivity index (χ4n) is 1.80. The molecule has 21 heavy (non-hydrogen) atoms. The summed E-state index contributed by atoms with van der Waals surface area (Å²) < 4.78 is 19.5. The molecule has 0 saturated heterocycles. The van der Waals surface area contributed by atoms with E-state index in [1.165, 1.54) is 12.3 Å². The largest absolute Gasteiger partial charge is 0.380 e. The van der Waals surface area contributed by atoms with Gasteiger partial charge in [0.1, 0.15) is 0 Å². The first-order valence-electron chi connectivity index (χ1n) is 7.28. The summed E-state index contributed by atoms with van der Waals surface area (Å²) in [6.07, 6.45) is 1.42. The van der Waals surface area contributed by atoms with E-state index in [1.807, 2.05) is 27.7 Å². The Morgan fingerprint density at radius 2 is 2.14 bits per heavy atom. The zero-order chi connectivity index (χ0) is 15.8. The topological polar surface area (TPSA) is 63.2 Å². The van der Waals surface area contributed by atoms with Crippen molar-refractivity contribution < 1.29 is 13.9 Å². The molecule has 1 heterocycles. The zero-order valence-electron chi connectivity index (χ0n) is 13.1. The Hall–Kier alpha value is -1.69. The van der Waals surface area contributed by atoms with Crippen LogP contribution in [0.2, 0.25) is 0 Å². The number of carbonyl (C=O) groups is 1. The molecule has 5 nitrogen and oxygen atoms in total. The number of halogens is 1. The van der Waals surface area contributed by atoms with E-state index >= 15 is 0 Å². The van der Waals surface area contributed by atoms with Gasteiger partial charge in [0.15, 0.2) is 11.6 Å². The van der Waals surface area contributed by atoms with Crippen LogP contribution in [0.25, 0.3) is 0 Å². The maximum Gasteiger partial charge on any atom is 0.254 e. The summed E-state index contributed by atoms with van der Waals surface area (Å²) in [6, 6.07) is 1.22. The number of hydrogen-bond acceptors (Lipinski definition) is 4. The molecule has 0 aliphatic heterocycles. The molecule has 0 bridgehead atoms. The molecule has 0 aliphatic carbocycles. The van der Waals surface area contributed by atoms with E-state index in [2.05, 4.69) is 15.6 Å². The van der Waals surface area contributed by atoms with Crippen molar-refractivity contribution in [2.45, 2.75) is 33.7 Å². The number of nitrogens with zero attached hydrogens (tertiary/aromatic N) is 1. The van der Waals surface area contributed by atoms with E-state index in [-0.39, 0.29) is 23.3 Å². The highest BCUT2D eigenvalue weighted by Gasteiger charge is 2.21. The van der Waals surface area contributed by atoms with Gasteiger partial charge in [-0.05, 0) is 25.8 Å². The van der Waals surface area contributed by atoms with Crippen LogP contribution in [0.3, 0.4) is 0 Å². The maximum atomic E-state index is 14.2. The van der Waals surface area contributed by atoms with Crippen LogP contribution in [0.15, 0.2) is 12.3 Å². The van der Waals surface area contributed by atoms with E-state index in [1.54, 1.807) is 0 Å². The fraction of sp³-hybridized carbons (Fsp3) is 0.600. The van der Waals surface area contributed by atoms with Gasteiger partial charge in [-0.15, -0.1) is 0 Å². The summed E-state index contributed by atoms with van der Waals surface area (Å²) >= 11 is 0. The quantitative estimate of drug-likeness (QED) is 0.773. The van der Waals surface area contributed by atoms with Gasteiger partial charge < -0.3 is 15.4 Å². The van der Waals surface area contributed by atoms with Gasteiger partial charge in [0.05, 0.1) is 18.2 Å². The Bertz CT molecular complexity index is 466. The molecular formula is C15H24FN3O2. The lowest BCUT2D eigenvalue weighted by Crippen LogP contribution is -2.42. The molecule has 118 valence electrons. The second kappa shape index (κ2) is 8.56. The Balaban J connectivity index is 2.84. The van der Waals surface area contributed by atoms with Crippen molar-refractivity contribution in [3.8, 4) is 0 Å². The monoisotopic (exact) mass is 297 g/mol. The summed E-state index contributed by atoms with van der Waals surface area (Å²) in [7, 11) is 0. The van der Waals surface area contributed by atoms with Gasteiger partial charge in [-0.2, -0.15) is 0 Å². The highest BCUT2D eigenvalue weighted by Crippen LogP contribution is 2.15. The number of amides is 1. The van der Waals surface area contributed by atoms with E-state index in [4.69, 9.17) is 4.74 Å². The summed E-state index contributed by atoms with van der Waals surface area (Å²) in [6.45, 7) is 9.22. The predicted molar refractivity (Wildman–Crippen MR) is 80.9 cm³/mol. The molecule has 0 aliphatic rings. The molecule has 1 atom stereocenters. The molecule has 6 heteroatoms. The third-order valence-corrected chi connectivity index (χ3v) is 3.10. The third kappa shape index (κ3) is 4.97. The van der Waals surface area contributed by atoms with Crippen LogP contribution in [0, 0.1) is 11.7 Å². The smallest absolute Gasteiger partial charge is 0.254 e. The summed E-state index contributed by atoms with van der Waals surface area (Å²) in [5, 5.41) is 5.61. The molecule has 1 aromatic rings. The van der Waals surface area contributed by atoms with Crippen molar-refractivity contribution in [1.82, 2.24) is 10.3 Å². The summed E-state index contributed by atoms with van der Waals surface area (Å²) in [4.78, 5) is 16.1. The average molecular weight is 297 g/mol. The van der Waals surface area contributed by atoms with Crippen molar-refractivity contribution in [2.75, 3.05) is 25.1 Å². The van der Waals surface area contributed by atoms with Crippen LogP contribution in [-0.2, 0) is 4.74 Å². The Morgan fingerprint density at radius 3 is 2.71 bits per heavy atom. The molecule has 0 aromatic carbocycles. The van der Waals surface area contributed by atoms with Crippen LogP contribution in [0.1, 0.15) is 38.1 Å². The summed E-state index contributed by atoms with van der Waals surface area (Å²) in [5.74, 6) is -0.794. The second-order valence-electron chi connectivity index (χ2n) is 5.03. The zero-order valence-corrected chi connectivity index (χ0v) is 13.1. The molecule has 1 aromatic heterocycles. The number of anilines is 1. The second-order valence-corrected chi connectivity index (χ2v) is 5.03. The first-order chi connectivity index (χ1) is 10.0. The van der Waals surface area contributed by atoms with Crippen LogP contribution < -0.4 is 10.6 Å². The van der Waals surface area contributed by atoms with Crippen LogP contribution in [0.4, 0.5) is 10.2 Å². The first-order valence-corrected chi connectivity index (χ1v) is 7.28. The van der Waals surface area contributed by atoms with Gasteiger partial charge in [0, 0.05) is 19.3 Å². The average Bonchev–Trinajstić information content (AvgIpc) is 2.45. The number of pyridine rings is 1. The Labute approximate surface area is 125 Å². The minimum Gasteiger partial charge on any atom is -0.380 e. The highest BCUT2D eigenvalue weighted by atomic mass is 19.1. The van der Waals surface area contributed by atoms with Gasteiger partial charge >= 0.3 is 0 Å². The normalized spacial score (nSPS) is 12.3. The number of nitrogens with one attached hydrogen (secondary N) is 2. The molecule has 0 fully saturated rings. The number of ether oxygens (including phenoxy) is 1. The molecule has 1 amide bonds. The molecule has 0 saturated carbocycles. The van der Waals surface area contributed by atoms with Crippen molar-refractivity contribution in [3.63, 3.8) is 0 Å².